The second-order valence-corrected chi connectivity index (χ2v) is 5.99. The number of hydrogen-bond donors (Lipinski definition) is 1. The molecule has 0 rings (SSSR count). The molecule has 0 saturated carbocycles. The molecule has 0 aliphatic rings. The van der Waals surface area contributed by atoms with E-state index in [1.165, 1.54) is 13.8 Å². The lowest BCUT2D eigenvalue weighted by Crippen LogP contribution is -2.40. The summed E-state index contributed by atoms with van der Waals surface area (Å²) >= 11 is 0. The molecular formula is C11H20N2O8S. The van der Waals surface area contributed by atoms with Crippen LogP contribution in [0.5, 0.6) is 0 Å². The number of ether oxygens (including phenoxy) is 3. The fourth-order valence-electron chi connectivity index (χ4n) is 1.35. The number of esters is 3. The number of hydrogen-bond acceptors (Lipinski definition) is 9. The van der Waals surface area contributed by atoms with E-state index < -0.39 is 40.4 Å². The molecule has 0 aromatic heterocycles. The highest BCUT2D eigenvalue weighted by Gasteiger charge is 2.26. The van der Waals surface area contributed by atoms with Crippen molar-refractivity contribution in [2.45, 2.75) is 13.8 Å². The molecule has 0 fully saturated rings. The van der Waals surface area contributed by atoms with Crippen molar-refractivity contribution in [2.24, 2.45) is 5.73 Å². The number of rotatable bonds is 10. The van der Waals surface area contributed by atoms with Crippen molar-refractivity contribution in [3.63, 3.8) is 0 Å². The number of nitrogens with two attached hydrogens (primary N) is 1. The summed E-state index contributed by atoms with van der Waals surface area (Å²) in [6.07, 6.45) is 0. The SMILES string of the molecule is CC(=O)OCCN(CCOC(C)=O)S(=O)(=O)CC(=O)OCN. The van der Waals surface area contributed by atoms with E-state index in [9.17, 15) is 22.8 Å². The summed E-state index contributed by atoms with van der Waals surface area (Å²) in [6.45, 7) is 1.17. The summed E-state index contributed by atoms with van der Waals surface area (Å²) < 4.78 is 38.7. The molecular weight excluding hydrogens is 320 g/mol. The molecule has 0 aliphatic heterocycles. The van der Waals surface area contributed by atoms with Gasteiger partial charge in [0.1, 0.15) is 19.9 Å². The van der Waals surface area contributed by atoms with Gasteiger partial charge in [0, 0.05) is 26.9 Å². The van der Waals surface area contributed by atoms with Gasteiger partial charge in [-0.2, -0.15) is 4.31 Å². The van der Waals surface area contributed by atoms with Crippen molar-refractivity contribution in [2.75, 3.05) is 38.8 Å². The minimum absolute atomic E-state index is 0.181. The topological polar surface area (TPSA) is 142 Å². The van der Waals surface area contributed by atoms with E-state index in [2.05, 4.69) is 14.2 Å². The smallest absolute Gasteiger partial charge is 0.323 e. The Morgan fingerprint density at radius 2 is 1.41 bits per heavy atom. The van der Waals surface area contributed by atoms with Crippen LogP contribution in [0.3, 0.4) is 0 Å². The minimum Gasteiger partial charge on any atom is -0.464 e. The van der Waals surface area contributed by atoms with Crippen LogP contribution in [0.15, 0.2) is 0 Å². The minimum atomic E-state index is -4.02. The standard InChI is InChI=1S/C11H20N2O8S/c1-9(14)19-5-3-13(4-6-20-10(2)15)22(17,18)7-11(16)21-8-12/h3-8,12H2,1-2H3. The van der Waals surface area contributed by atoms with E-state index in [0.29, 0.717) is 0 Å². The van der Waals surface area contributed by atoms with E-state index in [0.717, 1.165) is 4.31 Å². The lowest BCUT2D eigenvalue weighted by Gasteiger charge is -2.21. The van der Waals surface area contributed by atoms with Crippen LogP contribution in [-0.2, 0) is 38.6 Å². The molecule has 0 aromatic rings. The third-order valence-corrected chi connectivity index (χ3v) is 3.98. The predicted molar refractivity (Wildman–Crippen MR) is 73.8 cm³/mol. The molecule has 0 heterocycles. The molecule has 0 radical (unpaired) electrons. The number of carbonyl (C=O) groups is 3. The van der Waals surface area contributed by atoms with Crippen molar-refractivity contribution in [1.29, 1.82) is 0 Å². The third-order valence-electron chi connectivity index (χ3n) is 2.23. The molecule has 0 aromatic carbocycles. The second-order valence-electron chi connectivity index (χ2n) is 4.02. The number of carbonyl (C=O) groups excluding carboxylic acids is 3. The summed E-state index contributed by atoms with van der Waals surface area (Å²) in [5.41, 5.74) is 4.98. The zero-order valence-corrected chi connectivity index (χ0v) is 13.3. The van der Waals surface area contributed by atoms with Crippen molar-refractivity contribution in [3.8, 4) is 0 Å². The van der Waals surface area contributed by atoms with Crippen molar-refractivity contribution >= 4 is 27.9 Å². The van der Waals surface area contributed by atoms with Gasteiger partial charge in [-0.1, -0.05) is 0 Å². The molecule has 11 heteroatoms. The third kappa shape index (κ3) is 9.26. The van der Waals surface area contributed by atoms with E-state index in [-0.39, 0.29) is 26.3 Å². The highest BCUT2D eigenvalue weighted by atomic mass is 32.2. The molecule has 22 heavy (non-hydrogen) atoms. The summed E-state index contributed by atoms with van der Waals surface area (Å²) in [5.74, 6) is -3.06. The van der Waals surface area contributed by atoms with Crippen molar-refractivity contribution < 1.29 is 37.0 Å². The predicted octanol–water partition coefficient (Wildman–Crippen LogP) is -1.80. The monoisotopic (exact) mass is 340 g/mol. The Morgan fingerprint density at radius 1 is 0.955 bits per heavy atom. The summed E-state index contributed by atoms with van der Waals surface area (Å²) in [4.78, 5) is 32.6. The van der Waals surface area contributed by atoms with Gasteiger partial charge >= 0.3 is 17.9 Å². The van der Waals surface area contributed by atoms with Crippen LogP contribution in [0.25, 0.3) is 0 Å². The Kier molecular flexibility index (Phi) is 9.29. The fraction of sp³-hybridized carbons (Fsp3) is 0.727. The Balaban J connectivity index is 4.73. The largest absolute Gasteiger partial charge is 0.464 e. The van der Waals surface area contributed by atoms with Crippen LogP contribution in [0.2, 0.25) is 0 Å². The van der Waals surface area contributed by atoms with Crippen LogP contribution >= 0.6 is 0 Å². The zero-order chi connectivity index (χ0) is 17.2. The van der Waals surface area contributed by atoms with Crippen LogP contribution in [0, 0.1) is 0 Å². The van der Waals surface area contributed by atoms with Gasteiger partial charge in [-0.15, -0.1) is 0 Å². The molecule has 0 aliphatic carbocycles. The number of nitrogens with zero attached hydrogens (tertiary/aromatic N) is 1. The number of sulfonamides is 1. The first-order valence-electron chi connectivity index (χ1n) is 6.29. The van der Waals surface area contributed by atoms with Gasteiger partial charge in [0.05, 0.1) is 0 Å². The molecule has 0 atom stereocenters. The molecule has 2 N–H and O–H groups in total. The maximum absolute atomic E-state index is 12.1. The van der Waals surface area contributed by atoms with Crippen LogP contribution < -0.4 is 5.73 Å². The highest BCUT2D eigenvalue weighted by molar-refractivity contribution is 7.89. The zero-order valence-electron chi connectivity index (χ0n) is 12.4. The van der Waals surface area contributed by atoms with Gasteiger partial charge in [0.2, 0.25) is 10.0 Å². The average molecular weight is 340 g/mol. The first-order chi connectivity index (χ1) is 10.2. The summed E-state index contributed by atoms with van der Waals surface area (Å²) in [6, 6.07) is 0. The molecule has 10 nitrogen and oxygen atoms in total. The van der Waals surface area contributed by atoms with Gasteiger partial charge in [-0.3, -0.25) is 20.1 Å². The van der Waals surface area contributed by atoms with Crippen molar-refractivity contribution in [3.05, 3.63) is 0 Å². The average Bonchev–Trinajstić information content (AvgIpc) is 2.35. The van der Waals surface area contributed by atoms with Crippen LogP contribution in [0.4, 0.5) is 0 Å². The quantitative estimate of drug-likeness (QED) is 0.277. The Labute approximate surface area is 128 Å². The fourth-order valence-corrected chi connectivity index (χ4v) is 2.62. The van der Waals surface area contributed by atoms with E-state index in [4.69, 9.17) is 5.73 Å². The van der Waals surface area contributed by atoms with Crippen LogP contribution in [0.1, 0.15) is 13.8 Å². The van der Waals surface area contributed by atoms with Gasteiger partial charge in [0.25, 0.3) is 0 Å². The maximum atomic E-state index is 12.1. The van der Waals surface area contributed by atoms with Gasteiger partial charge in [-0.25, -0.2) is 8.42 Å². The molecule has 128 valence electrons. The molecule has 0 unspecified atom stereocenters. The Morgan fingerprint density at radius 3 is 1.77 bits per heavy atom. The second kappa shape index (κ2) is 10.1. The Bertz CT molecular complexity index is 470. The van der Waals surface area contributed by atoms with Gasteiger partial charge in [-0.05, 0) is 0 Å². The maximum Gasteiger partial charge on any atom is 0.323 e. The van der Waals surface area contributed by atoms with E-state index in [1.54, 1.807) is 0 Å². The summed E-state index contributed by atoms with van der Waals surface area (Å²) in [7, 11) is -4.02. The van der Waals surface area contributed by atoms with Gasteiger partial charge < -0.3 is 14.2 Å². The van der Waals surface area contributed by atoms with Crippen molar-refractivity contribution in [1.82, 2.24) is 4.31 Å². The normalized spacial score (nSPS) is 11.1. The summed E-state index contributed by atoms with van der Waals surface area (Å²) in [5, 5.41) is 0. The Hall–Kier alpha value is -1.72. The van der Waals surface area contributed by atoms with E-state index >= 15 is 0 Å². The first kappa shape index (κ1) is 20.3. The molecule has 0 amide bonds. The van der Waals surface area contributed by atoms with Gasteiger partial charge in [0.15, 0.2) is 5.75 Å². The first-order valence-corrected chi connectivity index (χ1v) is 7.90. The molecule has 0 bridgehead atoms. The van der Waals surface area contributed by atoms with Crippen LogP contribution in [-0.4, -0.2) is 69.4 Å². The highest BCUT2D eigenvalue weighted by Crippen LogP contribution is 2.03. The lowest BCUT2D eigenvalue weighted by atomic mass is 10.6. The lowest BCUT2D eigenvalue weighted by molar-refractivity contribution is -0.142. The molecule has 0 saturated heterocycles. The molecule has 0 spiro atoms. The van der Waals surface area contributed by atoms with E-state index in [1.807, 2.05) is 0 Å².